The van der Waals surface area contributed by atoms with Gasteiger partial charge in [-0.1, -0.05) is 11.3 Å². The summed E-state index contributed by atoms with van der Waals surface area (Å²) in [6.07, 6.45) is -4.43. The van der Waals surface area contributed by atoms with Crippen molar-refractivity contribution in [2.75, 3.05) is 25.5 Å². The van der Waals surface area contributed by atoms with E-state index in [1.807, 2.05) is 0 Å². The highest BCUT2D eigenvalue weighted by Gasteiger charge is 2.27. The molecule has 0 radical (unpaired) electrons. The molecule has 0 aliphatic rings. The number of alkyl halides is 3. The van der Waals surface area contributed by atoms with Crippen LogP contribution < -0.4 is 10.5 Å². The Morgan fingerprint density at radius 1 is 1.47 bits per heavy atom. The normalized spacial score (nSPS) is 12.8. The summed E-state index contributed by atoms with van der Waals surface area (Å²) in [5.41, 5.74) is 5.61. The summed E-state index contributed by atoms with van der Waals surface area (Å²) < 4.78 is 65.1. The molecule has 11 heteroatoms. The number of nitrogen functional groups attached to an aromatic ring is 1. The predicted octanol–water partition coefficient (Wildman–Crippen LogP) is 0.891. The maximum Gasteiger partial charge on any atom is 0.411 e. The fraction of sp³-hybridized carbons (Fsp3) is 0.625. The molecule has 0 aromatic carbocycles. The summed E-state index contributed by atoms with van der Waals surface area (Å²) in [7, 11) is -3.82. The minimum atomic E-state index is -4.43. The first-order valence-electron chi connectivity index (χ1n) is 4.99. The summed E-state index contributed by atoms with van der Waals surface area (Å²) in [4.78, 5) is 3.75. The second kappa shape index (κ2) is 6.03. The van der Waals surface area contributed by atoms with Crippen LogP contribution >= 0.6 is 11.3 Å². The van der Waals surface area contributed by atoms with Crippen molar-refractivity contribution in [2.45, 2.75) is 17.3 Å². The van der Waals surface area contributed by atoms with Crippen LogP contribution in [0.2, 0.25) is 0 Å². The SMILES string of the molecule is Cc1nc(N)sc1S(=O)(=O)NCCOCC(F)(F)F. The number of nitrogens with one attached hydrogen (secondary N) is 1. The molecule has 0 saturated heterocycles. The number of anilines is 1. The van der Waals surface area contributed by atoms with E-state index in [0.717, 1.165) is 11.3 Å². The summed E-state index contributed by atoms with van der Waals surface area (Å²) in [5.74, 6) is 0. The van der Waals surface area contributed by atoms with Gasteiger partial charge < -0.3 is 10.5 Å². The number of sulfonamides is 1. The lowest BCUT2D eigenvalue weighted by atomic mass is 10.6. The third-order valence-electron chi connectivity index (χ3n) is 1.82. The summed E-state index contributed by atoms with van der Waals surface area (Å²) in [5, 5.41) is 0.103. The van der Waals surface area contributed by atoms with Crippen LogP contribution in [0.15, 0.2) is 4.21 Å². The Bertz CT molecular complexity index is 527. The van der Waals surface area contributed by atoms with E-state index in [0.29, 0.717) is 0 Å². The Labute approximate surface area is 111 Å². The Morgan fingerprint density at radius 2 is 2.11 bits per heavy atom. The van der Waals surface area contributed by atoms with Gasteiger partial charge in [0.15, 0.2) is 9.34 Å². The molecule has 0 spiro atoms. The highest BCUT2D eigenvalue weighted by atomic mass is 32.2. The number of hydrogen-bond donors (Lipinski definition) is 2. The molecule has 0 fully saturated rings. The van der Waals surface area contributed by atoms with Crippen molar-refractivity contribution in [3.8, 4) is 0 Å². The number of aryl methyl sites for hydroxylation is 1. The molecular formula is C8H12F3N3O3S2. The molecule has 0 aliphatic carbocycles. The molecule has 1 rings (SSSR count). The van der Waals surface area contributed by atoms with Gasteiger partial charge in [0.05, 0.1) is 12.3 Å². The van der Waals surface area contributed by atoms with Crippen LogP contribution in [0.4, 0.5) is 18.3 Å². The van der Waals surface area contributed by atoms with E-state index in [2.05, 4.69) is 14.4 Å². The van der Waals surface area contributed by atoms with Crippen LogP contribution in [0.5, 0.6) is 0 Å². The molecule has 0 saturated carbocycles. The summed E-state index contributed by atoms with van der Waals surface area (Å²) in [6.45, 7) is -0.593. The van der Waals surface area contributed by atoms with Crippen LogP contribution in [0.1, 0.15) is 5.69 Å². The van der Waals surface area contributed by atoms with Crippen molar-refractivity contribution < 1.29 is 26.3 Å². The highest BCUT2D eigenvalue weighted by molar-refractivity contribution is 7.91. The number of halogens is 3. The largest absolute Gasteiger partial charge is 0.411 e. The van der Waals surface area contributed by atoms with E-state index in [9.17, 15) is 21.6 Å². The molecule has 3 N–H and O–H groups in total. The topological polar surface area (TPSA) is 94.3 Å². The summed E-state index contributed by atoms with van der Waals surface area (Å²) in [6, 6.07) is 0. The number of hydrogen-bond acceptors (Lipinski definition) is 6. The highest BCUT2D eigenvalue weighted by Crippen LogP contribution is 2.24. The lowest BCUT2D eigenvalue weighted by Gasteiger charge is -2.08. The van der Waals surface area contributed by atoms with Crippen molar-refractivity contribution in [3.05, 3.63) is 5.69 Å². The maximum absolute atomic E-state index is 11.8. The standard InChI is InChI=1S/C8H12F3N3O3S2/c1-5-6(18-7(12)14-5)19(15,16)13-2-3-17-4-8(9,10)11/h13H,2-4H2,1H3,(H2,12,14). The fourth-order valence-electron chi connectivity index (χ4n) is 1.15. The number of nitrogens with zero attached hydrogens (tertiary/aromatic N) is 1. The van der Waals surface area contributed by atoms with E-state index < -0.39 is 22.8 Å². The van der Waals surface area contributed by atoms with Gasteiger partial charge in [0.25, 0.3) is 10.0 Å². The fourth-order valence-corrected chi connectivity index (χ4v) is 3.51. The average molecular weight is 319 g/mol. The van der Waals surface area contributed by atoms with E-state index in [1.54, 1.807) is 0 Å². The van der Waals surface area contributed by atoms with Crippen LogP contribution in [0, 0.1) is 6.92 Å². The van der Waals surface area contributed by atoms with Gasteiger partial charge in [-0.05, 0) is 6.92 Å². The zero-order valence-corrected chi connectivity index (χ0v) is 11.5. The average Bonchev–Trinajstić information content (AvgIpc) is 2.56. The lowest BCUT2D eigenvalue weighted by Crippen LogP contribution is -2.28. The van der Waals surface area contributed by atoms with Gasteiger partial charge in [0.1, 0.15) is 6.61 Å². The van der Waals surface area contributed by atoms with Crippen molar-refractivity contribution in [3.63, 3.8) is 0 Å². The second-order valence-electron chi connectivity index (χ2n) is 3.49. The Morgan fingerprint density at radius 3 is 2.58 bits per heavy atom. The monoisotopic (exact) mass is 319 g/mol. The number of nitrogens with two attached hydrogens (primary N) is 1. The van der Waals surface area contributed by atoms with Crippen molar-refractivity contribution >= 4 is 26.5 Å². The van der Waals surface area contributed by atoms with Crippen molar-refractivity contribution in [1.82, 2.24) is 9.71 Å². The first-order valence-corrected chi connectivity index (χ1v) is 7.29. The third-order valence-corrected chi connectivity index (χ3v) is 4.88. The van der Waals surface area contributed by atoms with Gasteiger partial charge in [-0.25, -0.2) is 18.1 Å². The first kappa shape index (κ1) is 16.1. The number of aromatic nitrogens is 1. The zero-order chi connectivity index (χ0) is 14.7. The Hall–Kier alpha value is -0.910. The van der Waals surface area contributed by atoms with Crippen LogP contribution in [0.25, 0.3) is 0 Å². The lowest BCUT2D eigenvalue weighted by molar-refractivity contribution is -0.173. The number of thiazole rings is 1. The van der Waals surface area contributed by atoms with Gasteiger partial charge in [-0.15, -0.1) is 0 Å². The number of rotatable bonds is 6. The maximum atomic E-state index is 11.8. The Kier molecular flexibility index (Phi) is 5.12. The smallest absolute Gasteiger partial charge is 0.375 e. The first-order chi connectivity index (χ1) is 8.62. The van der Waals surface area contributed by atoms with Gasteiger partial charge in [-0.2, -0.15) is 13.2 Å². The van der Waals surface area contributed by atoms with Gasteiger partial charge in [0.2, 0.25) is 0 Å². The minimum absolute atomic E-state index is 0.0548. The third kappa shape index (κ3) is 5.30. The van der Waals surface area contributed by atoms with Gasteiger partial charge in [0, 0.05) is 6.54 Å². The predicted molar refractivity (Wildman–Crippen MR) is 63.3 cm³/mol. The second-order valence-corrected chi connectivity index (χ2v) is 6.48. The molecule has 0 atom stereocenters. The van der Waals surface area contributed by atoms with Crippen molar-refractivity contribution in [1.29, 1.82) is 0 Å². The minimum Gasteiger partial charge on any atom is -0.375 e. The summed E-state index contributed by atoms with van der Waals surface area (Å²) >= 11 is 0.785. The molecule has 1 aromatic rings. The van der Waals surface area contributed by atoms with E-state index in [4.69, 9.17) is 5.73 Å². The molecule has 0 amide bonds. The molecule has 1 heterocycles. The molecule has 1 aromatic heterocycles. The quantitative estimate of drug-likeness (QED) is 0.760. The molecule has 6 nitrogen and oxygen atoms in total. The van der Waals surface area contributed by atoms with Crippen LogP contribution in [-0.4, -0.2) is 39.3 Å². The molecule has 0 unspecified atom stereocenters. The number of ether oxygens (including phenoxy) is 1. The van der Waals surface area contributed by atoms with Gasteiger partial charge in [-0.3, -0.25) is 0 Å². The van der Waals surface area contributed by atoms with Crippen LogP contribution in [0.3, 0.4) is 0 Å². The Balaban J connectivity index is 2.47. The van der Waals surface area contributed by atoms with Crippen LogP contribution in [-0.2, 0) is 14.8 Å². The van der Waals surface area contributed by atoms with Gasteiger partial charge >= 0.3 is 6.18 Å². The zero-order valence-electron chi connectivity index (χ0n) is 9.82. The van der Waals surface area contributed by atoms with E-state index >= 15 is 0 Å². The molecule has 19 heavy (non-hydrogen) atoms. The molecule has 0 bridgehead atoms. The van der Waals surface area contributed by atoms with Crippen molar-refractivity contribution in [2.24, 2.45) is 0 Å². The molecule has 0 aliphatic heterocycles. The van der Waals surface area contributed by atoms with E-state index in [1.165, 1.54) is 6.92 Å². The molecule has 110 valence electrons. The van der Waals surface area contributed by atoms with E-state index in [-0.39, 0.29) is 28.2 Å². The molecular weight excluding hydrogens is 307 g/mol.